The number of hydrogen-bond acceptors (Lipinski definition) is 5. The van der Waals surface area contributed by atoms with Crippen molar-refractivity contribution in [3.63, 3.8) is 0 Å². The van der Waals surface area contributed by atoms with E-state index in [1.165, 1.54) is 6.26 Å². The first kappa shape index (κ1) is 19.9. The van der Waals surface area contributed by atoms with Gasteiger partial charge < -0.3 is 15.1 Å². The van der Waals surface area contributed by atoms with E-state index in [0.717, 1.165) is 17.7 Å². The molecule has 0 radical (unpaired) electrons. The van der Waals surface area contributed by atoms with E-state index >= 15 is 0 Å². The average molecular weight is 409 g/mol. The molecule has 3 atom stereocenters. The largest absolute Gasteiger partial charge is 0.459 e. The summed E-state index contributed by atoms with van der Waals surface area (Å²) in [6, 6.07) is 8.88. The molecule has 0 unspecified atom stereocenters. The highest BCUT2D eigenvalue weighted by Gasteiger charge is 2.50. The summed E-state index contributed by atoms with van der Waals surface area (Å²) >= 11 is 0. The molecule has 4 rings (SSSR count). The van der Waals surface area contributed by atoms with E-state index in [-0.39, 0.29) is 29.4 Å². The summed E-state index contributed by atoms with van der Waals surface area (Å²) < 4.78 is 5.06. The van der Waals surface area contributed by atoms with Gasteiger partial charge in [0.15, 0.2) is 5.76 Å². The fraction of sp³-hybridized carbons (Fsp3) is 0.364. The fourth-order valence-corrected chi connectivity index (χ4v) is 4.21. The summed E-state index contributed by atoms with van der Waals surface area (Å²) in [5.74, 6) is -1.76. The summed E-state index contributed by atoms with van der Waals surface area (Å²) in [7, 11) is 0. The number of nitrogens with one attached hydrogen (secondary N) is 2. The number of rotatable bonds is 5. The molecular weight excluding hydrogens is 386 g/mol. The highest BCUT2D eigenvalue weighted by atomic mass is 16.3. The molecular formula is C22H23N3O5. The predicted octanol–water partition coefficient (Wildman–Crippen LogP) is 3.03. The second-order valence-electron chi connectivity index (χ2n) is 7.72. The maximum Gasteiger partial charge on any atom is 0.291 e. The number of likely N-dealkylation sites (tertiary alicyclic amines) is 1. The maximum atomic E-state index is 12.8. The van der Waals surface area contributed by atoms with Gasteiger partial charge >= 0.3 is 0 Å². The van der Waals surface area contributed by atoms with Gasteiger partial charge in [-0.2, -0.15) is 0 Å². The number of carbonyl (C=O) groups is 4. The van der Waals surface area contributed by atoms with E-state index in [4.69, 9.17) is 4.42 Å². The van der Waals surface area contributed by atoms with Crippen LogP contribution in [0.2, 0.25) is 0 Å². The van der Waals surface area contributed by atoms with Crippen LogP contribution in [-0.2, 0) is 14.4 Å². The molecule has 30 heavy (non-hydrogen) atoms. The van der Waals surface area contributed by atoms with Crippen LogP contribution in [0.4, 0.5) is 11.4 Å². The molecule has 2 aliphatic rings. The number of amides is 4. The Morgan fingerprint density at radius 1 is 1.00 bits per heavy atom. The van der Waals surface area contributed by atoms with Crippen molar-refractivity contribution in [2.24, 2.45) is 11.8 Å². The Bertz CT molecular complexity index is 960. The van der Waals surface area contributed by atoms with Crippen LogP contribution in [0.25, 0.3) is 0 Å². The van der Waals surface area contributed by atoms with Crippen LogP contribution in [0.15, 0.2) is 47.1 Å². The van der Waals surface area contributed by atoms with E-state index in [2.05, 4.69) is 10.6 Å². The number of anilines is 2. The zero-order valence-corrected chi connectivity index (χ0v) is 16.6. The monoisotopic (exact) mass is 409 g/mol. The number of furan rings is 1. The Morgan fingerprint density at radius 2 is 1.63 bits per heavy atom. The van der Waals surface area contributed by atoms with Crippen LogP contribution in [0.3, 0.4) is 0 Å². The summed E-state index contributed by atoms with van der Waals surface area (Å²) in [4.78, 5) is 51.4. The Balaban J connectivity index is 1.43. The molecule has 8 heteroatoms. The SMILES string of the molecule is C[C@H](C(=O)Nc1cccc(NC(=O)c2ccco2)c1)N1C(=O)[C@H]2CCCC[C@H]2C1=O. The average Bonchev–Trinajstić information content (AvgIpc) is 3.36. The van der Waals surface area contributed by atoms with Gasteiger partial charge in [-0.25, -0.2) is 0 Å². The highest BCUT2D eigenvalue weighted by molar-refractivity contribution is 6.10. The Hall–Kier alpha value is -3.42. The minimum Gasteiger partial charge on any atom is -0.459 e. The number of hydrogen-bond donors (Lipinski definition) is 2. The third-order valence-corrected chi connectivity index (χ3v) is 5.77. The first-order chi connectivity index (χ1) is 14.5. The topological polar surface area (TPSA) is 109 Å². The Morgan fingerprint density at radius 3 is 2.23 bits per heavy atom. The normalized spacial score (nSPS) is 21.8. The lowest BCUT2D eigenvalue weighted by Crippen LogP contribution is -2.46. The van der Waals surface area contributed by atoms with Crippen molar-refractivity contribution in [1.82, 2.24) is 4.90 Å². The molecule has 1 aliphatic heterocycles. The lowest BCUT2D eigenvalue weighted by Gasteiger charge is -2.22. The van der Waals surface area contributed by atoms with Crippen LogP contribution in [-0.4, -0.2) is 34.6 Å². The summed E-state index contributed by atoms with van der Waals surface area (Å²) in [6.07, 6.45) is 4.69. The number of carbonyl (C=O) groups excluding carboxylic acids is 4. The molecule has 0 bridgehead atoms. The van der Waals surface area contributed by atoms with Crippen molar-refractivity contribution in [1.29, 1.82) is 0 Å². The highest BCUT2D eigenvalue weighted by Crippen LogP contribution is 2.38. The quantitative estimate of drug-likeness (QED) is 0.738. The molecule has 2 aromatic rings. The van der Waals surface area contributed by atoms with E-state index in [9.17, 15) is 19.2 Å². The molecule has 1 saturated carbocycles. The molecule has 4 amide bonds. The van der Waals surface area contributed by atoms with Gasteiger partial charge in [-0.3, -0.25) is 24.1 Å². The molecule has 0 spiro atoms. The minimum absolute atomic E-state index is 0.172. The molecule has 156 valence electrons. The van der Waals surface area contributed by atoms with Gasteiger partial charge in [0.2, 0.25) is 17.7 Å². The molecule has 2 fully saturated rings. The Labute approximate surface area is 173 Å². The standard InChI is InChI=1S/C22H23N3O5/c1-13(25-21(28)16-8-2-3-9-17(16)22(25)29)19(26)23-14-6-4-7-15(12-14)24-20(27)18-10-5-11-30-18/h4-7,10-13,16-17H,2-3,8-9H2,1H3,(H,23,26)(H,24,27)/t13-,16-,17+/m1/s1. The summed E-state index contributed by atoms with van der Waals surface area (Å²) in [6.45, 7) is 1.56. The maximum absolute atomic E-state index is 12.8. The van der Waals surface area contributed by atoms with E-state index in [1.807, 2.05) is 0 Å². The second kappa shape index (κ2) is 8.14. The number of imide groups is 1. The third-order valence-electron chi connectivity index (χ3n) is 5.77. The summed E-state index contributed by atoms with van der Waals surface area (Å²) in [5, 5.41) is 5.42. The van der Waals surface area contributed by atoms with Crippen LogP contribution >= 0.6 is 0 Å². The van der Waals surface area contributed by atoms with Gasteiger partial charge in [-0.05, 0) is 50.1 Å². The molecule has 2 heterocycles. The second-order valence-corrected chi connectivity index (χ2v) is 7.72. The van der Waals surface area contributed by atoms with Crippen LogP contribution in [0, 0.1) is 11.8 Å². The zero-order valence-electron chi connectivity index (χ0n) is 16.6. The zero-order chi connectivity index (χ0) is 21.3. The van der Waals surface area contributed by atoms with Crippen molar-refractivity contribution < 1.29 is 23.6 Å². The van der Waals surface area contributed by atoms with E-state index < -0.39 is 17.9 Å². The van der Waals surface area contributed by atoms with E-state index in [0.29, 0.717) is 24.2 Å². The third kappa shape index (κ3) is 3.72. The van der Waals surface area contributed by atoms with Crippen LogP contribution in [0.1, 0.15) is 43.2 Å². The van der Waals surface area contributed by atoms with E-state index in [1.54, 1.807) is 43.3 Å². The van der Waals surface area contributed by atoms with Crippen molar-refractivity contribution in [2.75, 3.05) is 10.6 Å². The fourth-order valence-electron chi connectivity index (χ4n) is 4.21. The van der Waals surface area contributed by atoms with Crippen molar-refractivity contribution >= 4 is 35.0 Å². The van der Waals surface area contributed by atoms with Gasteiger partial charge in [0.25, 0.3) is 5.91 Å². The van der Waals surface area contributed by atoms with Gasteiger partial charge in [0.05, 0.1) is 18.1 Å². The van der Waals surface area contributed by atoms with Crippen molar-refractivity contribution in [2.45, 2.75) is 38.6 Å². The molecule has 2 N–H and O–H groups in total. The molecule has 1 aromatic heterocycles. The lowest BCUT2D eigenvalue weighted by atomic mass is 9.81. The van der Waals surface area contributed by atoms with Gasteiger partial charge in [0, 0.05) is 11.4 Å². The minimum atomic E-state index is -0.906. The molecule has 8 nitrogen and oxygen atoms in total. The van der Waals surface area contributed by atoms with Gasteiger partial charge in [0.1, 0.15) is 6.04 Å². The van der Waals surface area contributed by atoms with Crippen molar-refractivity contribution in [3.05, 3.63) is 48.4 Å². The van der Waals surface area contributed by atoms with Gasteiger partial charge in [-0.15, -0.1) is 0 Å². The first-order valence-electron chi connectivity index (χ1n) is 10.1. The number of benzene rings is 1. The van der Waals surface area contributed by atoms with Gasteiger partial charge in [-0.1, -0.05) is 18.9 Å². The molecule has 1 saturated heterocycles. The predicted molar refractivity (Wildman–Crippen MR) is 108 cm³/mol. The summed E-state index contributed by atoms with van der Waals surface area (Å²) in [5.41, 5.74) is 0.918. The van der Waals surface area contributed by atoms with Crippen LogP contribution in [0.5, 0.6) is 0 Å². The lowest BCUT2D eigenvalue weighted by molar-refractivity contribution is -0.146. The number of fused-ring (bicyclic) bond motifs is 1. The Kier molecular flexibility index (Phi) is 5.39. The van der Waals surface area contributed by atoms with Crippen LogP contribution < -0.4 is 10.6 Å². The smallest absolute Gasteiger partial charge is 0.291 e. The molecule has 1 aromatic carbocycles. The van der Waals surface area contributed by atoms with Crippen molar-refractivity contribution in [3.8, 4) is 0 Å². The number of nitrogens with zero attached hydrogens (tertiary/aromatic N) is 1. The first-order valence-corrected chi connectivity index (χ1v) is 10.1. The molecule has 1 aliphatic carbocycles.